The van der Waals surface area contributed by atoms with Crippen LogP contribution in [-0.4, -0.2) is 11.0 Å². The summed E-state index contributed by atoms with van der Waals surface area (Å²) in [6, 6.07) is 14.2. The van der Waals surface area contributed by atoms with E-state index in [2.05, 4.69) is 11.4 Å². The Hall–Kier alpha value is -3.07. The van der Waals surface area contributed by atoms with E-state index in [0.29, 0.717) is 23.6 Å². The monoisotopic (exact) mass is 325 g/mol. The molecule has 124 valence electrons. The summed E-state index contributed by atoms with van der Waals surface area (Å²) in [7, 11) is 0. The number of hydrogen-bond donors (Lipinski definition) is 1. The first kappa shape index (κ1) is 17.3. The summed E-state index contributed by atoms with van der Waals surface area (Å²) in [5, 5.41) is 24.0. The van der Waals surface area contributed by atoms with E-state index in [4.69, 9.17) is 4.42 Å². The van der Waals surface area contributed by atoms with Crippen LogP contribution in [0.15, 0.2) is 64.4 Å². The molecule has 0 spiro atoms. The largest absolute Gasteiger partial charge is 0.468 e. The van der Waals surface area contributed by atoms with Crippen molar-refractivity contribution in [3.63, 3.8) is 0 Å². The van der Waals surface area contributed by atoms with Gasteiger partial charge >= 0.3 is 0 Å². The smallest absolute Gasteiger partial charge is 0.225 e. The lowest BCUT2D eigenvalue weighted by Gasteiger charge is -2.18. The van der Waals surface area contributed by atoms with Gasteiger partial charge in [0.05, 0.1) is 17.9 Å². The van der Waals surface area contributed by atoms with Gasteiger partial charge in [0.25, 0.3) is 0 Å². The predicted molar refractivity (Wildman–Crippen MR) is 89.5 cm³/mol. The van der Waals surface area contributed by atoms with E-state index in [-0.39, 0.29) is 0 Å². The van der Waals surface area contributed by atoms with Gasteiger partial charge in [-0.2, -0.15) is 5.26 Å². The van der Waals surface area contributed by atoms with Gasteiger partial charge < -0.3 is 9.73 Å². The molecule has 0 bridgehead atoms. The molecule has 0 radical (unpaired) electrons. The van der Waals surface area contributed by atoms with Crippen molar-refractivity contribution in [2.24, 2.45) is 0 Å². The molecule has 2 unspecified atom stereocenters. The number of benzene rings is 1. The third-order valence-electron chi connectivity index (χ3n) is 3.90. The Kier molecular flexibility index (Phi) is 5.74. The molecule has 0 aliphatic carbocycles. The van der Waals surface area contributed by atoms with Crippen molar-refractivity contribution in [3.05, 3.63) is 81.4 Å². The lowest BCUT2D eigenvalue weighted by atomic mass is 9.89. The summed E-state index contributed by atoms with van der Waals surface area (Å²) in [5.41, 5.74) is 1.98. The highest BCUT2D eigenvalue weighted by atomic mass is 16.6. The quantitative estimate of drug-likeness (QED) is 0.477. The number of nitrogens with one attached hydrogen (secondary N) is 1. The molecular formula is C18H19N3O3. The van der Waals surface area contributed by atoms with E-state index in [1.807, 2.05) is 30.3 Å². The average molecular weight is 325 g/mol. The van der Waals surface area contributed by atoms with Crippen molar-refractivity contribution in [1.82, 2.24) is 5.32 Å². The molecule has 2 atom stereocenters. The van der Waals surface area contributed by atoms with Crippen molar-refractivity contribution >= 4 is 0 Å². The number of hydrogen-bond acceptors (Lipinski definition) is 5. The van der Waals surface area contributed by atoms with Gasteiger partial charge in [-0.25, -0.2) is 0 Å². The molecule has 1 aromatic carbocycles. The summed E-state index contributed by atoms with van der Waals surface area (Å²) < 4.78 is 5.35. The maximum atomic E-state index is 11.3. The fourth-order valence-electron chi connectivity index (χ4n) is 2.52. The third kappa shape index (κ3) is 4.02. The van der Waals surface area contributed by atoms with Crippen molar-refractivity contribution in [1.29, 1.82) is 5.26 Å². The van der Waals surface area contributed by atoms with Crippen LogP contribution in [0.25, 0.3) is 0 Å². The van der Waals surface area contributed by atoms with Crippen LogP contribution in [0.5, 0.6) is 0 Å². The van der Waals surface area contributed by atoms with Crippen LogP contribution >= 0.6 is 0 Å². The molecule has 6 heteroatoms. The van der Waals surface area contributed by atoms with Gasteiger partial charge in [-0.15, -0.1) is 0 Å². The highest BCUT2D eigenvalue weighted by Crippen LogP contribution is 2.31. The Morgan fingerprint density at radius 3 is 2.58 bits per heavy atom. The van der Waals surface area contributed by atoms with Crippen LogP contribution in [0.2, 0.25) is 0 Å². The minimum atomic E-state index is -0.973. The van der Waals surface area contributed by atoms with Gasteiger partial charge in [0, 0.05) is 24.1 Å². The highest BCUT2D eigenvalue weighted by molar-refractivity contribution is 5.37. The van der Waals surface area contributed by atoms with E-state index in [1.165, 1.54) is 13.2 Å². The number of nitro groups is 1. The minimum Gasteiger partial charge on any atom is -0.468 e. The molecule has 0 saturated heterocycles. The molecule has 0 saturated carbocycles. The molecule has 0 amide bonds. The fourth-order valence-corrected chi connectivity index (χ4v) is 2.52. The zero-order valence-electron chi connectivity index (χ0n) is 13.6. The Bertz CT molecular complexity index is 746. The number of rotatable bonds is 7. The van der Waals surface area contributed by atoms with E-state index < -0.39 is 16.9 Å². The lowest BCUT2D eigenvalue weighted by Crippen LogP contribution is -2.27. The zero-order chi connectivity index (χ0) is 17.5. The molecule has 2 rings (SSSR count). The van der Waals surface area contributed by atoms with Gasteiger partial charge in [0.15, 0.2) is 0 Å². The van der Waals surface area contributed by atoms with Crippen LogP contribution in [0.1, 0.15) is 31.1 Å². The Balaban J connectivity index is 2.30. The number of furan rings is 1. The molecule has 1 heterocycles. The van der Waals surface area contributed by atoms with Gasteiger partial charge in [-0.3, -0.25) is 10.1 Å². The summed E-state index contributed by atoms with van der Waals surface area (Å²) in [6.07, 6.45) is 1.46. The maximum Gasteiger partial charge on any atom is 0.225 e. The van der Waals surface area contributed by atoms with Crippen molar-refractivity contribution in [2.45, 2.75) is 32.4 Å². The molecule has 6 nitrogen and oxygen atoms in total. The summed E-state index contributed by atoms with van der Waals surface area (Å²) in [5.74, 6) is -0.320. The van der Waals surface area contributed by atoms with Crippen molar-refractivity contribution in [2.75, 3.05) is 0 Å². The summed E-state index contributed by atoms with van der Waals surface area (Å²) in [6.45, 7) is 3.77. The van der Waals surface area contributed by atoms with Crippen LogP contribution in [-0.2, 0) is 6.54 Å². The van der Waals surface area contributed by atoms with E-state index >= 15 is 0 Å². The molecule has 24 heavy (non-hydrogen) atoms. The first-order chi connectivity index (χ1) is 11.5. The van der Waals surface area contributed by atoms with Crippen molar-refractivity contribution in [3.8, 4) is 6.07 Å². The average Bonchev–Trinajstić information content (AvgIpc) is 3.11. The van der Waals surface area contributed by atoms with Crippen LogP contribution < -0.4 is 5.32 Å². The maximum absolute atomic E-state index is 11.3. The molecule has 1 N–H and O–H groups in total. The Labute approximate surface area is 140 Å². The van der Waals surface area contributed by atoms with Crippen LogP contribution in [0.4, 0.5) is 0 Å². The van der Waals surface area contributed by atoms with E-state index in [0.717, 1.165) is 5.56 Å². The SMILES string of the molecule is C/C(NCc1ccccc1)=C(/C#N)C(c1ccco1)C(C)[N+](=O)[O-]. The fraction of sp³-hybridized carbons (Fsp3) is 0.278. The minimum absolute atomic E-state index is 0.310. The summed E-state index contributed by atoms with van der Waals surface area (Å²) >= 11 is 0. The van der Waals surface area contributed by atoms with Crippen LogP contribution in [0.3, 0.4) is 0 Å². The third-order valence-corrected chi connectivity index (χ3v) is 3.90. The Morgan fingerprint density at radius 1 is 1.33 bits per heavy atom. The molecular weight excluding hydrogens is 306 g/mol. The second-order valence-electron chi connectivity index (χ2n) is 5.51. The molecule has 2 aromatic rings. The van der Waals surface area contributed by atoms with E-state index in [9.17, 15) is 15.4 Å². The standard InChI is InChI=1S/C18H19N3O3/c1-13(20-12-15-7-4-3-5-8-15)16(11-19)18(14(2)21(22)23)17-9-6-10-24-17/h3-10,14,18,20H,12H2,1-2H3/b16-13+. The highest BCUT2D eigenvalue weighted by Gasteiger charge is 2.35. The molecule has 0 fully saturated rings. The predicted octanol–water partition coefficient (Wildman–Crippen LogP) is 3.62. The normalized spacial score (nSPS) is 14.2. The van der Waals surface area contributed by atoms with Gasteiger partial charge in [0.2, 0.25) is 6.04 Å². The van der Waals surface area contributed by atoms with Crippen molar-refractivity contribution < 1.29 is 9.34 Å². The number of allylic oxidation sites excluding steroid dienone is 1. The lowest BCUT2D eigenvalue weighted by molar-refractivity contribution is -0.521. The van der Waals surface area contributed by atoms with Gasteiger partial charge in [-0.1, -0.05) is 30.3 Å². The molecule has 0 aliphatic heterocycles. The first-order valence-corrected chi connectivity index (χ1v) is 7.60. The number of nitrogens with zero attached hydrogens (tertiary/aromatic N) is 2. The second kappa shape index (κ2) is 7.97. The van der Waals surface area contributed by atoms with Gasteiger partial charge in [0.1, 0.15) is 11.7 Å². The Morgan fingerprint density at radius 2 is 2.04 bits per heavy atom. The zero-order valence-corrected chi connectivity index (χ0v) is 13.6. The van der Waals surface area contributed by atoms with Crippen LogP contribution in [0, 0.1) is 21.4 Å². The topological polar surface area (TPSA) is 92.1 Å². The molecule has 0 aliphatic rings. The number of nitriles is 1. The van der Waals surface area contributed by atoms with Gasteiger partial charge in [-0.05, 0) is 24.6 Å². The second-order valence-corrected chi connectivity index (χ2v) is 5.51. The van der Waals surface area contributed by atoms with E-state index in [1.54, 1.807) is 19.1 Å². The molecule has 1 aromatic heterocycles. The first-order valence-electron chi connectivity index (χ1n) is 7.60. The summed E-state index contributed by atoms with van der Waals surface area (Å²) in [4.78, 5) is 10.9.